The van der Waals surface area contributed by atoms with Gasteiger partial charge in [0.05, 0.1) is 4.58 Å². The van der Waals surface area contributed by atoms with E-state index in [1.807, 2.05) is 40.6 Å². The summed E-state index contributed by atoms with van der Waals surface area (Å²) in [7, 11) is 0. The SMILES string of the molecule is Cl.NC1CCCN(C(=O)COc2ccc(C3SCCCS3)cc2)C1. The number of rotatable bonds is 4. The second-order valence-electron chi connectivity index (χ2n) is 6.03. The van der Waals surface area contributed by atoms with E-state index < -0.39 is 0 Å². The molecule has 1 amide bonds. The predicted octanol–water partition coefficient (Wildman–Crippen LogP) is 3.31. The van der Waals surface area contributed by atoms with E-state index in [9.17, 15) is 4.79 Å². The molecule has 2 N–H and O–H groups in total. The first kappa shape index (κ1) is 19.8. The molecule has 2 aliphatic rings. The van der Waals surface area contributed by atoms with Crippen LogP contribution in [-0.2, 0) is 4.79 Å². The molecule has 2 heterocycles. The van der Waals surface area contributed by atoms with Crippen LogP contribution in [-0.4, -0.2) is 48.1 Å². The van der Waals surface area contributed by atoms with Crippen molar-refractivity contribution in [3.05, 3.63) is 29.8 Å². The van der Waals surface area contributed by atoms with E-state index in [-0.39, 0.29) is 31.0 Å². The second-order valence-corrected chi connectivity index (χ2v) is 8.75. The molecule has 2 fully saturated rings. The second kappa shape index (κ2) is 9.80. The Morgan fingerprint density at radius 2 is 1.92 bits per heavy atom. The van der Waals surface area contributed by atoms with Gasteiger partial charge in [-0.15, -0.1) is 35.9 Å². The Labute approximate surface area is 158 Å². The molecule has 0 aromatic heterocycles. The summed E-state index contributed by atoms with van der Waals surface area (Å²) in [4.78, 5) is 14.0. The van der Waals surface area contributed by atoms with Crippen LogP contribution in [0.15, 0.2) is 24.3 Å². The zero-order valence-electron chi connectivity index (χ0n) is 13.7. The number of piperidine rings is 1. The fourth-order valence-electron chi connectivity index (χ4n) is 2.87. The molecule has 134 valence electrons. The molecule has 0 bridgehead atoms. The molecule has 0 spiro atoms. The number of carbonyl (C=O) groups is 1. The highest BCUT2D eigenvalue weighted by atomic mass is 35.5. The lowest BCUT2D eigenvalue weighted by Gasteiger charge is -2.30. The van der Waals surface area contributed by atoms with Crippen LogP contribution in [0.2, 0.25) is 0 Å². The van der Waals surface area contributed by atoms with Gasteiger partial charge in [-0.1, -0.05) is 12.1 Å². The summed E-state index contributed by atoms with van der Waals surface area (Å²) in [6.07, 6.45) is 3.29. The summed E-state index contributed by atoms with van der Waals surface area (Å²) in [5.41, 5.74) is 7.25. The number of hydrogen-bond donors (Lipinski definition) is 1. The van der Waals surface area contributed by atoms with Gasteiger partial charge in [0.1, 0.15) is 5.75 Å². The number of carbonyl (C=O) groups excluding carboxylic acids is 1. The van der Waals surface area contributed by atoms with Crippen molar-refractivity contribution >= 4 is 41.8 Å². The Hall–Kier alpha value is -0.560. The number of hydrogen-bond acceptors (Lipinski definition) is 5. The lowest BCUT2D eigenvalue weighted by atomic mass is 10.1. The summed E-state index contributed by atoms with van der Waals surface area (Å²) >= 11 is 4.02. The summed E-state index contributed by atoms with van der Waals surface area (Å²) in [6.45, 7) is 1.54. The predicted molar refractivity (Wildman–Crippen MR) is 105 cm³/mol. The topological polar surface area (TPSA) is 55.6 Å². The first-order valence-electron chi connectivity index (χ1n) is 8.22. The Morgan fingerprint density at radius 3 is 2.58 bits per heavy atom. The van der Waals surface area contributed by atoms with Crippen molar-refractivity contribution < 1.29 is 9.53 Å². The molecule has 2 aliphatic heterocycles. The first-order chi connectivity index (χ1) is 11.2. The maximum Gasteiger partial charge on any atom is 0.260 e. The number of amides is 1. The molecular weight excluding hydrogens is 364 g/mol. The van der Waals surface area contributed by atoms with Crippen molar-refractivity contribution in [2.24, 2.45) is 5.73 Å². The minimum atomic E-state index is 0. The van der Waals surface area contributed by atoms with Gasteiger partial charge in [-0.05, 0) is 48.5 Å². The quantitative estimate of drug-likeness (QED) is 0.857. The Morgan fingerprint density at radius 1 is 1.21 bits per heavy atom. The molecule has 1 aromatic carbocycles. The van der Waals surface area contributed by atoms with Crippen LogP contribution in [0.1, 0.15) is 29.4 Å². The van der Waals surface area contributed by atoms with E-state index in [0.717, 1.165) is 25.1 Å². The minimum absolute atomic E-state index is 0. The smallest absolute Gasteiger partial charge is 0.260 e. The third kappa shape index (κ3) is 5.48. The largest absolute Gasteiger partial charge is 0.484 e. The number of nitrogens with two attached hydrogens (primary N) is 1. The van der Waals surface area contributed by atoms with Gasteiger partial charge in [0, 0.05) is 19.1 Å². The number of ether oxygens (including phenoxy) is 1. The van der Waals surface area contributed by atoms with Gasteiger partial charge < -0.3 is 15.4 Å². The average Bonchev–Trinajstić information content (AvgIpc) is 2.61. The molecule has 4 nitrogen and oxygen atoms in total. The lowest BCUT2D eigenvalue weighted by molar-refractivity contribution is -0.134. The number of likely N-dealkylation sites (tertiary alicyclic amines) is 1. The summed E-state index contributed by atoms with van der Waals surface area (Å²) in [5.74, 6) is 3.27. The maximum atomic E-state index is 12.2. The number of benzene rings is 1. The fourth-order valence-corrected chi connectivity index (χ4v) is 5.77. The molecular formula is C17H25ClN2O2S2. The molecule has 7 heteroatoms. The Balaban J connectivity index is 0.00000208. The van der Waals surface area contributed by atoms with Crippen molar-refractivity contribution in [2.75, 3.05) is 31.2 Å². The first-order valence-corrected chi connectivity index (χ1v) is 10.3. The molecule has 1 atom stereocenters. The van der Waals surface area contributed by atoms with Crippen molar-refractivity contribution in [3.8, 4) is 5.75 Å². The van der Waals surface area contributed by atoms with Crippen LogP contribution in [0, 0.1) is 0 Å². The van der Waals surface area contributed by atoms with E-state index in [1.165, 1.54) is 23.5 Å². The maximum absolute atomic E-state index is 12.2. The van der Waals surface area contributed by atoms with Gasteiger partial charge in [0.2, 0.25) is 0 Å². The molecule has 3 rings (SSSR count). The third-order valence-corrected chi connectivity index (χ3v) is 7.17. The molecule has 0 aliphatic carbocycles. The monoisotopic (exact) mass is 388 g/mol. The minimum Gasteiger partial charge on any atom is -0.484 e. The van der Waals surface area contributed by atoms with Crippen molar-refractivity contribution in [3.63, 3.8) is 0 Å². The summed E-state index contributed by atoms with van der Waals surface area (Å²) in [6, 6.07) is 8.29. The van der Waals surface area contributed by atoms with E-state index in [2.05, 4.69) is 12.1 Å². The molecule has 2 saturated heterocycles. The zero-order valence-corrected chi connectivity index (χ0v) is 16.1. The lowest BCUT2D eigenvalue weighted by Crippen LogP contribution is -2.47. The van der Waals surface area contributed by atoms with Crippen LogP contribution in [0.4, 0.5) is 0 Å². The van der Waals surface area contributed by atoms with Crippen LogP contribution in [0.3, 0.4) is 0 Å². The molecule has 0 saturated carbocycles. The van der Waals surface area contributed by atoms with E-state index in [0.29, 0.717) is 11.1 Å². The van der Waals surface area contributed by atoms with E-state index in [1.54, 1.807) is 0 Å². The third-order valence-electron chi connectivity index (χ3n) is 4.15. The molecule has 0 radical (unpaired) electrons. The van der Waals surface area contributed by atoms with Gasteiger partial charge in [-0.3, -0.25) is 4.79 Å². The highest BCUT2D eigenvalue weighted by Gasteiger charge is 2.21. The average molecular weight is 389 g/mol. The van der Waals surface area contributed by atoms with Gasteiger partial charge in [0.15, 0.2) is 6.61 Å². The number of nitrogens with zero attached hydrogens (tertiary/aromatic N) is 1. The molecule has 1 unspecified atom stereocenters. The normalized spacial score (nSPS) is 21.9. The van der Waals surface area contributed by atoms with Gasteiger partial charge >= 0.3 is 0 Å². The highest BCUT2D eigenvalue weighted by Crippen LogP contribution is 2.43. The zero-order chi connectivity index (χ0) is 16.1. The Kier molecular flexibility index (Phi) is 8.07. The van der Waals surface area contributed by atoms with Gasteiger partial charge in [-0.2, -0.15) is 0 Å². The van der Waals surface area contributed by atoms with Crippen LogP contribution in [0.25, 0.3) is 0 Å². The number of halogens is 1. The molecule has 1 aromatic rings. The summed E-state index contributed by atoms with van der Waals surface area (Å²) in [5, 5.41) is 0. The standard InChI is InChI=1S/C17H24N2O2S2.ClH/c18-14-3-1-8-19(11-14)16(20)12-21-15-6-4-13(5-7-15)17-22-9-2-10-23-17;/h4-7,14,17H,1-3,8-12,18H2;1H. The van der Waals surface area contributed by atoms with Gasteiger partial charge in [-0.25, -0.2) is 0 Å². The van der Waals surface area contributed by atoms with Crippen molar-refractivity contribution in [2.45, 2.75) is 29.9 Å². The Bertz CT molecular complexity index is 524. The van der Waals surface area contributed by atoms with Crippen LogP contribution < -0.4 is 10.5 Å². The molecule has 24 heavy (non-hydrogen) atoms. The van der Waals surface area contributed by atoms with Crippen molar-refractivity contribution in [1.82, 2.24) is 4.90 Å². The van der Waals surface area contributed by atoms with Gasteiger partial charge in [0.25, 0.3) is 5.91 Å². The van der Waals surface area contributed by atoms with E-state index >= 15 is 0 Å². The summed E-state index contributed by atoms with van der Waals surface area (Å²) < 4.78 is 6.19. The van der Waals surface area contributed by atoms with Crippen LogP contribution >= 0.6 is 35.9 Å². The van der Waals surface area contributed by atoms with E-state index in [4.69, 9.17) is 10.5 Å². The fraction of sp³-hybridized carbons (Fsp3) is 0.588. The van der Waals surface area contributed by atoms with Crippen LogP contribution in [0.5, 0.6) is 5.75 Å². The van der Waals surface area contributed by atoms with Crippen molar-refractivity contribution in [1.29, 1.82) is 0 Å². The highest BCUT2D eigenvalue weighted by molar-refractivity contribution is 8.16. The number of thioether (sulfide) groups is 2.